The van der Waals surface area contributed by atoms with Crippen molar-refractivity contribution in [1.29, 1.82) is 0 Å². The molecule has 7 nitrogen and oxygen atoms in total. The number of hydrogen-bond acceptors (Lipinski definition) is 4. The van der Waals surface area contributed by atoms with Crippen LogP contribution in [0, 0.1) is 0 Å². The second kappa shape index (κ2) is 8.09. The zero-order valence-electron chi connectivity index (χ0n) is 17.5. The third-order valence-electron chi connectivity index (χ3n) is 4.37. The first-order valence-electron chi connectivity index (χ1n) is 9.58. The Kier molecular flexibility index (Phi) is 5.84. The van der Waals surface area contributed by atoms with Crippen LogP contribution >= 0.6 is 0 Å². The zero-order valence-corrected chi connectivity index (χ0v) is 17.5. The van der Waals surface area contributed by atoms with Crippen LogP contribution in [0.5, 0.6) is 5.88 Å². The van der Waals surface area contributed by atoms with Crippen LogP contribution in [-0.4, -0.2) is 28.6 Å². The van der Waals surface area contributed by atoms with Gasteiger partial charge in [-0.2, -0.15) is 18.2 Å². The van der Waals surface area contributed by atoms with Gasteiger partial charge in [0.2, 0.25) is 5.88 Å². The summed E-state index contributed by atoms with van der Waals surface area (Å²) in [4.78, 5) is 30.0. The van der Waals surface area contributed by atoms with Crippen molar-refractivity contribution in [1.82, 2.24) is 10.3 Å². The Balaban J connectivity index is 2.05. The molecule has 0 spiro atoms. The van der Waals surface area contributed by atoms with Crippen molar-refractivity contribution in [3.63, 3.8) is 0 Å². The first kappa shape index (κ1) is 22.4. The van der Waals surface area contributed by atoms with Gasteiger partial charge in [0.25, 0.3) is 5.91 Å². The Labute approximate surface area is 177 Å². The van der Waals surface area contributed by atoms with Gasteiger partial charge >= 0.3 is 12.2 Å². The van der Waals surface area contributed by atoms with Crippen LogP contribution < -0.4 is 20.3 Å². The number of hydrogen-bond donors (Lipinski definition) is 2. The third-order valence-corrected chi connectivity index (χ3v) is 4.37. The molecule has 1 aromatic heterocycles. The van der Waals surface area contributed by atoms with E-state index in [0.29, 0.717) is 0 Å². The minimum atomic E-state index is -4.82. The van der Waals surface area contributed by atoms with Crippen molar-refractivity contribution in [2.24, 2.45) is 0 Å². The van der Waals surface area contributed by atoms with Crippen LogP contribution in [-0.2, 0) is 17.5 Å². The summed E-state index contributed by atoms with van der Waals surface area (Å²) in [6.45, 7) is 6.61. The first-order valence-corrected chi connectivity index (χ1v) is 9.58. The highest BCUT2D eigenvalue weighted by Crippen LogP contribution is 2.42. The minimum Gasteiger partial charge on any atom is -0.463 e. The van der Waals surface area contributed by atoms with E-state index in [9.17, 15) is 22.8 Å². The number of amides is 3. The van der Waals surface area contributed by atoms with E-state index in [1.165, 1.54) is 11.8 Å². The number of carbonyl (C=O) groups is 2. The van der Waals surface area contributed by atoms with E-state index in [1.807, 2.05) is 0 Å². The average Bonchev–Trinajstić information content (AvgIpc) is 2.63. The summed E-state index contributed by atoms with van der Waals surface area (Å²) >= 11 is 0. The Bertz CT molecular complexity index is 988. The van der Waals surface area contributed by atoms with E-state index >= 15 is 0 Å². The quantitative estimate of drug-likeness (QED) is 0.750. The number of rotatable bonds is 3. The van der Waals surface area contributed by atoms with Crippen molar-refractivity contribution in [2.45, 2.75) is 52.1 Å². The molecule has 1 atom stereocenters. The number of alkyl halides is 3. The lowest BCUT2D eigenvalue weighted by atomic mass is 10.1. The summed E-state index contributed by atoms with van der Waals surface area (Å²) in [6.07, 6.45) is -5.77. The summed E-state index contributed by atoms with van der Waals surface area (Å²) in [7, 11) is 0. The van der Waals surface area contributed by atoms with Gasteiger partial charge in [0.1, 0.15) is 11.3 Å². The van der Waals surface area contributed by atoms with E-state index in [-0.39, 0.29) is 18.1 Å². The fraction of sp³-hybridized carbons (Fsp3) is 0.381. The monoisotopic (exact) mass is 436 g/mol. The third kappa shape index (κ3) is 5.25. The smallest absolute Gasteiger partial charge is 0.420 e. The lowest BCUT2D eigenvalue weighted by Gasteiger charge is -2.33. The topological polar surface area (TPSA) is 83.6 Å². The molecular formula is C21H23F3N4O3. The van der Waals surface area contributed by atoms with Gasteiger partial charge in [-0.05, 0) is 39.3 Å². The van der Waals surface area contributed by atoms with Crippen LogP contribution in [0.1, 0.15) is 38.8 Å². The van der Waals surface area contributed by atoms with Gasteiger partial charge in [0, 0.05) is 5.54 Å². The second-order valence-electron chi connectivity index (χ2n) is 8.21. The van der Waals surface area contributed by atoms with Gasteiger partial charge in [-0.1, -0.05) is 30.3 Å². The SMILES string of the molecule is C[C@@H]1Oc2nc(NC(=O)NC(C)(C)C)c(C(F)(F)F)cc2N(Cc2ccccc2)C1=O. The van der Waals surface area contributed by atoms with Crippen LogP contribution in [0.25, 0.3) is 0 Å². The van der Waals surface area contributed by atoms with Crippen molar-refractivity contribution < 1.29 is 27.5 Å². The van der Waals surface area contributed by atoms with Gasteiger partial charge in [-0.3, -0.25) is 15.0 Å². The maximum Gasteiger partial charge on any atom is 0.420 e. The maximum absolute atomic E-state index is 13.8. The number of pyridine rings is 1. The summed E-state index contributed by atoms with van der Waals surface area (Å²) in [5, 5.41) is 4.67. The van der Waals surface area contributed by atoms with Crippen LogP contribution in [0.4, 0.5) is 29.5 Å². The number of halogens is 3. The minimum absolute atomic E-state index is 0.0522. The maximum atomic E-state index is 13.8. The number of nitrogens with one attached hydrogen (secondary N) is 2. The first-order chi connectivity index (χ1) is 14.3. The number of ether oxygens (including phenoxy) is 1. The molecule has 3 amide bonds. The number of aromatic nitrogens is 1. The molecule has 0 unspecified atom stereocenters. The molecule has 3 rings (SSSR count). The standard InChI is InChI=1S/C21H23F3N4O3/c1-12-18(29)28(11-13-8-6-5-7-9-13)15-10-14(21(22,23)24)16(25-17(15)31-12)26-19(30)27-20(2,3)4/h5-10,12H,11H2,1-4H3,(H2,25,26,27,30)/t12-/m0/s1. The molecular weight excluding hydrogens is 413 g/mol. The fourth-order valence-corrected chi connectivity index (χ4v) is 3.04. The molecule has 1 aliphatic rings. The molecule has 10 heteroatoms. The van der Waals surface area contributed by atoms with Crippen molar-refractivity contribution in [3.8, 4) is 5.88 Å². The van der Waals surface area contributed by atoms with E-state index in [2.05, 4.69) is 15.6 Å². The highest BCUT2D eigenvalue weighted by Gasteiger charge is 2.40. The van der Waals surface area contributed by atoms with E-state index in [4.69, 9.17) is 4.74 Å². The lowest BCUT2D eigenvalue weighted by Crippen LogP contribution is -2.45. The molecule has 166 valence electrons. The normalized spacial score (nSPS) is 16.4. The molecule has 1 aromatic carbocycles. The molecule has 0 fully saturated rings. The predicted octanol–water partition coefficient (Wildman–Crippen LogP) is 4.33. The van der Waals surface area contributed by atoms with Gasteiger partial charge < -0.3 is 10.1 Å². The molecule has 0 aliphatic carbocycles. The predicted molar refractivity (Wildman–Crippen MR) is 109 cm³/mol. The van der Waals surface area contributed by atoms with Gasteiger partial charge in [-0.25, -0.2) is 4.79 Å². The highest BCUT2D eigenvalue weighted by molar-refractivity contribution is 6.00. The zero-order chi connectivity index (χ0) is 23.0. The largest absolute Gasteiger partial charge is 0.463 e. The number of benzene rings is 1. The molecule has 2 heterocycles. The lowest BCUT2D eigenvalue weighted by molar-refractivity contribution is -0.137. The van der Waals surface area contributed by atoms with Gasteiger partial charge in [0.15, 0.2) is 11.9 Å². The Morgan fingerprint density at radius 3 is 2.42 bits per heavy atom. The molecule has 0 bridgehead atoms. The molecule has 1 aliphatic heterocycles. The van der Waals surface area contributed by atoms with E-state index in [1.54, 1.807) is 51.1 Å². The Morgan fingerprint density at radius 2 is 1.84 bits per heavy atom. The number of urea groups is 1. The number of anilines is 2. The molecule has 31 heavy (non-hydrogen) atoms. The van der Waals surface area contributed by atoms with Crippen LogP contribution in [0.3, 0.4) is 0 Å². The van der Waals surface area contributed by atoms with Crippen LogP contribution in [0.15, 0.2) is 36.4 Å². The molecule has 2 aromatic rings. The summed E-state index contributed by atoms with van der Waals surface area (Å²) < 4.78 is 46.8. The molecule has 0 saturated heterocycles. The van der Waals surface area contributed by atoms with Crippen LogP contribution in [0.2, 0.25) is 0 Å². The highest BCUT2D eigenvalue weighted by atomic mass is 19.4. The molecule has 0 radical (unpaired) electrons. The van der Waals surface area contributed by atoms with Gasteiger partial charge in [0.05, 0.1) is 6.54 Å². The average molecular weight is 436 g/mol. The Morgan fingerprint density at radius 1 is 1.19 bits per heavy atom. The number of carbonyl (C=O) groups excluding carboxylic acids is 2. The summed E-state index contributed by atoms with van der Waals surface area (Å²) in [6, 6.07) is 8.80. The second-order valence-corrected chi connectivity index (χ2v) is 8.21. The molecule has 2 N–H and O–H groups in total. The summed E-state index contributed by atoms with van der Waals surface area (Å²) in [5.74, 6) is -1.35. The fourth-order valence-electron chi connectivity index (χ4n) is 3.04. The van der Waals surface area contributed by atoms with E-state index < -0.39 is 41.1 Å². The number of nitrogens with zero attached hydrogens (tertiary/aromatic N) is 2. The summed E-state index contributed by atoms with van der Waals surface area (Å²) in [5.41, 5.74) is -1.22. The Hall–Kier alpha value is -3.30. The van der Waals surface area contributed by atoms with E-state index in [0.717, 1.165) is 11.6 Å². The molecule has 0 saturated carbocycles. The van der Waals surface area contributed by atoms with Crippen molar-refractivity contribution in [3.05, 3.63) is 47.5 Å². The number of fused-ring (bicyclic) bond motifs is 1. The van der Waals surface area contributed by atoms with Crippen molar-refractivity contribution in [2.75, 3.05) is 10.2 Å². The van der Waals surface area contributed by atoms with Gasteiger partial charge in [-0.15, -0.1) is 0 Å². The van der Waals surface area contributed by atoms with Crippen molar-refractivity contribution >= 4 is 23.4 Å².